The maximum Gasteiger partial charge on any atom is 0.408 e. The Morgan fingerprint density at radius 2 is 1.21 bits per heavy atom. The molecule has 0 saturated carbocycles. The van der Waals surface area contributed by atoms with Gasteiger partial charge in [0.2, 0.25) is 5.91 Å². The summed E-state index contributed by atoms with van der Waals surface area (Å²) in [7, 11) is 0. The number of nitrogens with one attached hydrogen (secondary N) is 2. The number of ether oxygens (including phenoxy) is 2. The molecule has 0 saturated heterocycles. The number of amides is 2. The molecule has 3 aromatic carbocycles. The molecule has 39 heavy (non-hydrogen) atoms. The Bertz CT molecular complexity index is 1160. The molecular weight excluding hydrogens is 512 g/mol. The summed E-state index contributed by atoms with van der Waals surface area (Å²) in [5, 5.41) is 5.50. The third-order valence-electron chi connectivity index (χ3n) is 5.75. The highest BCUT2D eigenvalue weighted by atomic mass is 32.2. The molecule has 0 bridgehead atoms. The van der Waals surface area contributed by atoms with E-state index in [1.54, 1.807) is 0 Å². The van der Waals surface area contributed by atoms with Crippen molar-refractivity contribution < 1.29 is 23.9 Å². The van der Waals surface area contributed by atoms with Crippen LogP contribution in [0, 0.1) is 5.92 Å². The molecule has 0 aliphatic carbocycles. The van der Waals surface area contributed by atoms with E-state index >= 15 is 0 Å². The van der Waals surface area contributed by atoms with Crippen LogP contribution in [0.5, 0.6) is 0 Å². The van der Waals surface area contributed by atoms with Crippen LogP contribution in [0.25, 0.3) is 0 Å². The predicted molar refractivity (Wildman–Crippen MR) is 154 cm³/mol. The Morgan fingerprint density at radius 3 is 1.74 bits per heavy atom. The lowest BCUT2D eigenvalue weighted by Gasteiger charge is -2.23. The second kappa shape index (κ2) is 16.2. The molecule has 0 radical (unpaired) electrons. The van der Waals surface area contributed by atoms with Crippen LogP contribution in [0.1, 0.15) is 37.0 Å². The number of carbonyl (C=O) groups excluding carboxylic acids is 3. The molecule has 0 aromatic heterocycles. The minimum absolute atomic E-state index is 0.0833. The van der Waals surface area contributed by atoms with Gasteiger partial charge in [-0.3, -0.25) is 4.79 Å². The first-order valence-corrected chi connectivity index (χ1v) is 14.2. The maximum atomic E-state index is 13.4. The van der Waals surface area contributed by atoms with Crippen LogP contribution >= 0.6 is 11.8 Å². The summed E-state index contributed by atoms with van der Waals surface area (Å²) in [6.07, 6.45) is -0.298. The van der Waals surface area contributed by atoms with Crippen molar-refractivity contribution in [3.05, 3.63) is 108 Å². The van der Waals surface area contributed by atoms with Crippen molar-refractivity contribution in [1.82, 2.24) is 10.6 Å². The Morgan fingerprint density at radius 1 is 0.692 bits per heavy atom. The monoisotopic (exact) mass is 548 g/mol. The molecule has 206 valence electrons. The SMILES string of the molecule is CC(C)C[C@@H](NC(=O)[C@H](CSCc1ccccc1)NC(=O)OCc1ccccc1)C(=O)OCc1ccccc1. The summed E-state index contributed by atoms with van der Waals surface area (Å²) in [6.45, 7) is 4.14. The van der Waals surface area contributed by atoms with Gasteiger partial charge in [0, 0.05) is 11.5 Å². The van der Waals surface area contributed by atoms with Gasteiger partial charge in [0.25, 0.3) is 0 Å². The number of hydrogen-bond acceptors (Lipinski definition) is 6. The zero-order valence-corrected chi connectivity index (χ0v) is 23.2. The van der Waals surface area contributed by atoms with E-state index in [2.05, 4.69) is 10.6 Å². The molecule has 2 atom stereocenters. The normalized spacial score (nSPS) is 12.3. The Balaban J connectivity index is 1.63. The molecule has 0 heterocycles. The first kappa shape index (κ1) is 29.8. The quantitative estimate of drug-likeness (QED) is 0.259. The van der Waals surface area contributed by atoms with Gasteiger partial charge < -0.3 is 20.1 Å². The Hall–Kier alpha value is -3.78. The van der Waals surface area contributed by atoms with E-state index < -0.39 is 30.1 Å². The van der Waals surface area contributed by atoms with Gasteiger partial charge in [-0.15, -0.1) is 0 Å². The fourth-order valence-corrected chi connectivity index (χ4v) is 4.76. The molecule has 0 unspecified atom stereocenters. The largest absolute Gasteiger partial charge is 0.459 e. The third-order valence-corrected chi connectivity index (χ3v) is 6.86. The maximum absolute atomic E-state index is 13.4. The van der Waals surface area contributed by atoms with Gasteiger partial charge >= 0.3 is 12.1 Å². The minimum atomic E-state index is -0.904. The van der Waals surface area contributed by atoms with E-state index in [1.807, 2.05) is 105 Å². The lowest BCUT2D eigenvalue weighted by Crippen LogP contribution is -2.53. The van der Waals surface area contributed by atoms with Crippen LogP contribution in [0.3, 0.4) is 0 Å². The van der Waals surface area contributed by atoms with Crippen molar-refractivity contribution in [1.29, 1.82) is 0 Å². The van der Waals surface area contributed by atoms with Crippen molar-refractivity contribution >= 4 is 29.7 Å². The van der Waals surface area contributed by atoms with E-state index in [-0.39, 0.29) is 19.1 Å². The molecule has 8 heteroatoms. The molecule has 3 aromatic rings. The summed E-state index contributed by atoms with van der Waals surface area (Å²) in [5.41, 5.74) is 2.80. The first-order chi connectivity index (χ1) is 18.9. The first-order valence-electron chi connectivity index (χ1n) is 13.0. The lowest BCUT2D eigenvalue weighted by atomic mass is 10.0. The number of hydrogen-bond donors (Lipinski definition) is 2. The average Bonchev–Trinajstić information content (AvgIpc) is 2.95. The number of alkyl carbamates (subject to hydrolysis) is 1. The molecule has 7 nitrogen and oxygen atoms in total. The van der Waals surface area contributed by atoms with Gasteiger partial charge in [-0.2, -0.15) is 11.8 Å². The highest BCUT2D eigenvalue weighted by Gasteiger charge is 2.29. The van der Waals surface area contributed by atoms with Crippen molar-refractivity contribution in [3.63, 3.8) is 0 Å². The molecule has 0 aliphatic rings. The van der Waals surface area contributed by atoms with E-state index in [0.717, 1.165) is 16.7 Å². The summed E-state index contributed by atoms with van der Waals surface area (Å²) >= 11 is 1.51. The van der Waals surface area contributed by atoms with E-state index in [9.17, 15) is 14.4 Å². The topological polar surface area (TPSA) is 93.7 Å². The van der Waals surface area contributed by atoms with Gasteiger partial charge in [0.15, 0.2) is 0 Å². The van der Waals surface area contributed by atoms with Crippen LogP contribution in [0.4, 0.5) is 4.79 Å². The summed E-state index contributed by atoms with van der Waals surface area (Å²) in [6, 6.07) is 26.8. The van der Waals surface area contributed by atoms with Gasteiger partial charge in [0.05, 0.1) is 0 Å². The van der Waals surface area contributed by atoms with Crippen LogP contribution < -0.4 is 10.6 Å². The molecular formula is C31H36N2O5S. The smallest absolute Gasteiger partial charge is 0.408 e. The molecule has 2 amide bonds. The van der Waals surface area contributed by atoms with Crippen molar-refractivity contribution in [2.75, 3.05) is 5.75 Å². The Labute approximate surface area is 234 Å². The van der Waals surface area contributed by atoms with Crippen LogP contribution in [0.2, 0.25) is 0 Å². The van der Waals surface area contributed by atoms with Crippen molar-refractivity contribution in [3.8, 4) is 0 Å². The van der Waals surface area contributed by atoms with Crippen LogP contribution in [0.15, 0.2) is 91.0 Å². The second-order valence-corrected chi connectivity index (χ2v) is 10.6. The lowest BCUT2D eigenvalue weighted by molar-refractivity contribution is -0.149. The number of benzene rings is 3. The predicted octanol–water partition coefficient (Wildman–Crippen LogP) is 5.49. The van der Waals surface area contributed by atoms with Crippen LogP contribution in [-0.2, 0) is 38.0 Å². The van der Waals surface area contributed by atoms with Gasteiger partial charge in [-0.1, -0.05) is 105 Å². The molecule has 0 spiro atoms. The van der Waals surface area contributed by atoms with Gasteiger partial charge in [0.1, 0.15) is 25.3 Å². The number of rotatable bonds is 14. The number of thioether (sulfide) groups is 1. The van der Waals surface area contributed by atoms with Gasteiger partial charge in [-0.05, 0) is 29.0 Å². The molecule has 0 fully saturated rings. The zero-order valence-electron chi connectivity index (χ0n) is 22.4. The molecule has 3 rings (SSSR count). The zero-order chi connectivity index (χ0) is 27.9. The standard InChI is InChI=1S/C31H36N2O5S/c1-23(2)18-27(30(35)37-19-24-12-6-3-7-13-24)32-29(34)28(22-39-21-26-16-10-5-11-17-26)33-31(36)38-20-25-14-8-4-9-15-25/h3-17,23,27-28H,18-22H2,1-2H3,(H,32,34)(H,33,36)/t27-,28+/m1/s1. The summed E-state index contributed by atoms with van der Waals surface area (Å²) in [4.78, 5) is 38.9. The third kappa shape index (κ3) is 11.2. The van der Waals surface area contributed by atoms with Crippen LogP contribution in [-0.4, -0.2) is 35.8 Å². The van der Waals surface area contributed by atoms with Gasteiger partial charge in [-0.25, -0.2) is 9.59 Å². The highest BCUT2D eigenvalue weighted by molar-refractivity contribution is 7.98. The minimum Gasteiger partial charge on any atom is -0.459 e. The van der Waals surface area contributed by atoms with E-state index in [1.165, 1.54) is 11.8 Å². The number of carbonyl (C=O) groups is 3. The summed E-state index contributed by atoms with van der Waals surface area (Å²) in [5.74, 6) is 0.126. The average molecular weight is 549 g/mol. The Kier molecular flexibility index (Phi) is 12.4. The fraction of sp³-hybridized carbons (Fsp3) is 0.323. The number of esters is 1. The van der Waals surface area contributed by atoms with Crippen molar-refractivity contribution in [2.45, 2.75) is 51.3 Å². The van der Waals surface area contributed by atoms with Crippen molar-refractivity contribution in [2.24, 2.45) is 5.92 Å². The highest BCUT2D eigenvalue weighted by Crippen LogP contribution is 2.15. The second-order valence-electron chi connectivity index (χ2n) is 9.54. The fourth-order valence-electron chi connectivity index (χ4n) is 3.75. The van der Waals surface area contributed by atoms with E-state index in [0.29, 0.717) is 17.9 Å². The summed E-state index contributed by atoms with van der Waals surface area (Å²) < 4.78 is 10.9. The molecule has 2 N–H and O–H groups in total. The molecule has 0 aliphatic heterocycles. The van der Waals surface area contributed by atoms with E-state index in [4.69, 9.17) is 9.47 Å².